The largest absolute Gasteiger partial charge is 0.417 e. The molecule has 0 bridgehead atoms. The minimum Gasteiger partial charge on any atom is -0.349 e. The first-order valence-electron chi connectivity index (χ1n) is 7.62. The summed E-state index contributed by atoms with van der Waals surface area (Å²) in [5.41, 5.74) is -2.04. The topological polar surface area (TPSA) is 91.1 Å². The van der Waals surface area contributed by atoms with E-state index in [1.807, 2.05) is 4.98 Å². The van der Waals surface area contributed by atoms with Gasteiger partial charge in [-0.2, -0.15) is 13.2 Å². The molecule has 0 radical (unpaired) electrons. The van der Waals surface area contributed by atoms with Crippen molar-refractivity contribution in [2.75, 3.05) is 5.32 Å². The second kappa shape index (κ2) is 7.85. The summed E-state index contributed by atoms with van der Waals surface area (Å²) in [6, 6.07) is 8.30. The second-order valence-electron chi connectivity index (χ2n) is 5.62. The molecule has 0 saturated heterocycles. The van der Waals surface area contributed by atoms with Crippen LogP contribution in [0.25, 0.3) is 0 Å². The van der Waals surface area contributed by atoms with Gasteiger partial charge in [0.15, 0.2) is 0 Å². The standard InChI is InChI=1S/C17H16F3N3O3/c1-10(22-15(25)11-5-3-2-4-6-11)7-14(24)23-13-8-12(17(18,19)20)9-21-16(13)26/h2-6,8-10H,7H2,1H3,(H,21,26)(H,22,25)(H,23,24). The van der Waals surface area contributed by atoms with Crippen LogP contribution >= 0.6 is 0 Å². The number of aromatic nitrogens is 1. The molecule has 0 aliphatic carbocycles. The Hall–Kier alpha value is -3.10. The molecule has 138 valence electrons. The fourth-order valence-electron chi connectivity index (χ4n) is 2.17. The van der Waals surface area contributed by atoms with Crippen LogP contribution in [0.5, 0.6) is 0 Å². The normalized spacial score (nSPS) is 12.3. The molecule has 1 aromatic heterocycles. The highest BCUT2D eigenvalue weighted by molar-refractivity contribution is 5.95. The van der Waals surface area contributed by atoms with Crippen molar-refractivity contribution < 1.29 is 22.8 Å². The lowest BCUT2D eigenvalue weighted by Crippen LogP contribution is -2.36. The van der Waals surface area contributed by atoms with Gasteiger partial charge in [0, 0.05) is 24.2 Å². The number of halogens is 3. The summed E-state index contributed by atoms with van der Waals surface area (Å²) in [5.74, 6) is -1.08. The van der Waals surface area contributed by atoms with E-state index in [2.05, 4.69) is 10.6 Å². The van der Waals surface area contributed by atoms with Crippen LogP contribution < -0.4 is 16.2 Å². The van der Waals surface area contributed by atoms with E-state index in [0.29, 0.717) is 17.8 Å². The van der Waals surface area contributed by atoms with Crippen molar-refractivity contribution in [2.24, 2.45) is 0 Å². The van der Waals surface area contributed by atoms with E-state index >= 15 is 0 Å². The third kappa shape index (κ3) is 5.20. The Kier molecular flexibility index (Phi) is 5.81. The molecule has 6 nitrogen and oxygen atoms in total. The molecule has 0 aliphatic rings. The van der Waals surface area contributed by atoms with E-state index < -0.39 is 34.9 Å². The molecular formula is C17H16F3N3O3. The first-order valence-corrected chi connectivity index (χ1v) is 7.62. The van der Waals surface area contributed by atoms with Crippen LogP contribution in [0.1, 0.15) is 29.3 Å². The van der Waals surface area contributed by atoms with Crippen molar-refractivity contribution >= 4 is 17.5 Å². The number of pyridine rings is 1. The van der Waals surface area contributed by atoms with Crippen molar-refractivity contribution in [1.82, 2.24) is 10.3 Å². The lowest BCUT2D eigenvalue weighted by Gasteiger charge is -2.14. The molecule has 1 heterocycles. The van der Waals surface area contributed by atoms with Gasteiger partial charge in [-0.15, -0.1) is 0 Å². The highest BCUT2D eigenvalue weighted by Crippen LogP contribution is 2.29. The molecule has 2 aromatic rings. The van der Waals surface area contributed by atoms with Gasteiger partial charge < -0.3 is 15.6 Å². The lowest BCUT2D eigenvalue weighted by atomic mass is 10.1. The number of hydrogen-bond donors (Lipinski definition) is 3. The van der Waals surface area contributed by atoms with Gasteiger partial charge in [-0.05, 0) is 25.1 Å². The highest BCUT2D eigenvalue weighted by Gasteiger charge is 2.31. The van der Waals surface area contributed by atoms with Gasteiger partial charge in [0.2, 0.25) is 5.91 Å². The fourth-order valence-corrected chi connectivity index (χ4v) is 2.17. The Bertz CT molecular complexity index is 848. The van der Waals surface area contributed by atoms with Crippen LogP contribution in [0, 0.1) is 0 Å². The summed E-state index contributed by atoms with van der Waals surface area (Å²) in [4.78, 5) is 37.4. The summed E-state index contributed by atoms with van der Waals surface area (Å²) in [5, 5.41) is 4.73. The molecule has 1 atom stereocenters. The summed E-state index contributed by atoms with van der Waals surface area (Å²) in [6.45, 7) is 1.57. The van der Waals surface area contributed by atoms with Crippen molar-refractivity contribution in [3.8, 4) is 0 Å². The number of carbonyl (C=O) groups is 2. The number of alkyl halides is 3. The molecule has 0 fully saturated rings. The number of H-pyrrole nitrogens is 1. The Morgan fingerprint density at radius 2 is 1.85 bits per heavy atom. The maximum atomic E-state index is 12.7. The van der Waals surface area contributed by atoms with E-state index in [4.69, 9.17) is 0 Å². The SMILES string of the molecule is CC(CC(=O)Nc1cc(C(F)(F)F)c[nH]c1=O)NC(=O)c1ccccc1. The summed E-state index contributed by atoms with van der Waals surface area (Å²) >= 11 is 0. The molecule has 26 heavy (non-hydrogen) atoms. The molecule has 2 rings (SSSR count). The van der Waals surface area contributed by atoms with E-state index in [9.17, 15) is 27.6 Å². The van der Waals surface area contributed by atoms with E-state index in [1.165, 1.54) is 0 Å². The van der Waals surface area contributed by atoms with E-state index in [1.54, 1.807) is 37.3 Å². The first-order chi connectivity index (χ1) is 12.2. The smallest absolute Gasteiger partial charge is 0.349 e. The van der Waals surface area contributed by atoms with Gasteiger partial charge >= 0.3 is 6.18 Å². The molecule has 0 spiro atoms. The van der Waals surface area contributed by atoms with Crippen LogP contribution in [-0.2, 0) is 11.0 Å². The Morgan fingerprint density at radius 3 is 2.46 bits per heavy atom. The fraction of sp³-hybridized carbons (Fsp3) is 0.235. The molecule has 2 amide bonds. The van der Waals surface area contributed by atoms with Gasteiger partial charge in [-0.1, -0.05) is 18.2 Å². The van der Waals surface area contributed by atoms with Gasteiger partial charge in [-0.3, -0.25) is 14.4 Å². The Morgan fingerprint density at radius 1 is 1.19 bits per heavy atom. The third-order valence-corrected chi connectivity index (χ3v) is 3.41. The number of nitrogens with one attached hydrogen (secondary N) is 3. The number of aromatic amines is 1. The minimum absolute atomic E-state index is 0.214. The zero-order chi connectivity index (χ0) is 19.3. The van der Waals surface area contributed by atoms with Gasteiger partial charge in [0.25, 0.3) is 11.5 Å². The number of anilines is 1. The lowest BCUT2D eigenvalue weighted by molar-refractivity contribution is -0.137. The first kappa shape index (κ1) is 19.2. The molecule has 0 saturated carbocycles. The van der Waals surface area contributed by atoms with E-state index in [-0.39, 0.29) is 12.3 Å². The molecule has 0 aliphatic heterocycles. The van der Waals surface area contributed by atoms with Crippen molar-refractivity contribution in [2.45, 2.75) is 25.6 Å². The van der Waals surface area contributed by atoms with Crippen LogP contribution in [0.2, 0.25) is 0 Å². The summed E-state index contributed by atoms with van der Waals surface area (Å²) in [7, 11) is 0. The summed E-state index contributed by atoms with van der Waals surface area (Å²) < 4.78 is 38.0. The Balaban J connectivity index is 1.98. The van der Waals surface area contributed by atoms with Crippen molar-refractivity contribution in [3.05, 3.63) is 64.1 Å². The predicted octanol–water partition coefficient (Wildman–Crippen LogP) is 2.54. The maximum absolute atomic E-state index is 12.7. The molecule has 1 aromatic carbocycles. The van der Waals surface area contributed by atoms with Crippen molar-refractivity contribution in [3.63, 3.8) is 0 Å². The number of rotatable bonds is 5. The minimum atomic E-state index is -4.65. The number of carbonyl (C=O) groups excluding carboxylic acids is 2. The van der Waals surface area contributed by atoms with Crippen molar-refractivity contribution in [1.29, 1.82) is 0 Å². The average Bonchev–Trinajstić information content (AvgIpc) is 2.56. The number of amides is 2. The van der Waals surface area contributed by atoms with Crippen LogP contribution in [0.4, 0.5) is 18.9 Å². The van der Waals surface area contributed by atoms with E-state index in [0.717, 1.165) is 0 Å². The highest BCUT2D eigenvalue weighted by atomic mass is 19.4. The monoisotopic (exact) mass is 367 g/mol. The maximum Gasteiger partial charge on any atom is 0.417 e. The number of hydrogen-bond acceptors (Lipinski definition) is 3. The number of benzene rings is 1. The molecule has 3 N–H and O–H groups in total. The molecule has 9 heteroatoms. The van der Waals surface area contributed by atoms with Crippen LogP contribution in [-0.4, -0.2) is 22.8 Å². The second-order valence-corrected chi connectivity index (χ2v) is 5.62. The zero-order valence-corrected chi connectivity index (χ0v) is 13.7. The van der Waals surface area contributed by atoms with Gasteiger partial charge in [0.1, 0.15) is 5.69 Å². The quantitative estimate of drug-likeness (QED) is 0.758. The van der Waals surface area contributed by atoms with Gasteiger partial charge in [-0.25, -0.2) is 0 Å². The van der Waals surface area contributed by atoms with Gasteiger partial charge in [0.05, 0.1) is 5.56 Å². The Labute approximate surface area is 146 Å². The summed E-state index contributed by atoms with van der Waals surface area (Å²) in [6.07, 6.45) is -4.34. The zero-order valence-electron chi connectivity index (χ0n) is 13.7. The average molecular weight is 367 g/mol. The molecule has 1 unspecified atom stereocenters. The van der Waals surface area contributed by atoms with Crippen LogP contribution in [0.3, 0.4) is 0 Å². The third-order valence-electron chi connectivity index (χ3n) is 3.41. The molecular weight excluding hydrogens is 351 g/mol. The van der Waals surface area contributed by atoms with Crippen LogP contribution in [0.15, 0.2) is 47.4 Å². The predicted molar refractivity (Wildman–Crippen MR) is 88.7 cm³/mol.